The van der Waals surface area contributed by atoms with Crippen LogP contribution in [0.15, 0.2) is 47.0 Å². The van der Waals surface area contributed by atoms with Crippen molar-refractivity contribution >= 4 is 22.8 Å². The van der Waals surface area contributed by atoms with Crippen molar-refractivity contribution in [2.75, 3.05) is 19.3 Å². The number of likely N-dealkylation sites (N-methyl/N-ethyl adjacent to an activating group) is 1. The molecule has 3 heterocycles. The highest BCUT2D eigenvalue weighted by atomic mass is 16.5. The average molecular weight is 392 g/mol. The van der Waals surface area contributed by atoms with Gasteiger partial charge in [-0.2, -0.15) is 5.10 Å². The number of aromatic amines is 1. The number of H-pyrrole nitrogens is 1. The van der Waals surface area contributed by atoms with Crippen LogP contribution < -0.4 is 5.73 Å². The maximum absolute atomic E-state index is 12.1. The highest BCUT2D eigenvalue weighted by molar-refractivity contribution is 5.87. The third-order valence-electron chi connectivity index (χ3n) is 4.77. The van der Waals surface area contributed by atoms with Gasteiger partial charge in [-0.3, -0.25) is 9.89 Å². The molecule has 0 radical (unpaired) electrons. The van der Waals surface area contributed by atoms with Crippen LogP contribution >= 0.6 is 0 Å². The normalized spacial score (nSPS) is 12.2. The molecule has 9 heteroatoms. The lowest BCUT2D eigenvalue weighted by Gasteiger charge is -2.16. The fourth-order valence-electron chi connectivity index (χ4n) is 2.96. The molecule has 1 unspecified atom stereocenters. The van der Waals surface area contributed by atoms with Crippen LogP contribution in [0.5, 0.6) is 0 Å². The van der Waals surface area contributed by atoms with E-state index in [-0.39, 0.29) is 5.69 Å². The second-order valence-electron chi connectivity index (χ2n) is 6.65. The number of rotatable bonds is 5. The molecular formula is C20H20N6O3. The molecule has 0 saturated heterocycles. The summed E-state index contributed by atoms with van der Waals surface area (Å²) in [5.41, 5.74) is 9.71. The van der Waals surface area contributed by atoms with E-state index in [4.69, 9.17) is 10.3 Å². The molecule has 1 atom stereocenters. The number of aliphatic hydroxyl groups excluding tert-OH is 1. The van der Waals surface area contributed by atoms with Gasteiger partial charge in [0.1, 0.15) is 11.2 Å². The number of carbonyl (C=O) groups is 1. The first kappa shape index (κ1) is 18.6. The lowest BCUT2D eigenvalue weighted by atomic mass is 10.0. The number of hydrogen-bond acceptors (Lipinski definition) is 7. The van der Waals surface area contributed by atoms with Crippen LogP contribution in [0.3, 0.4) is 0 Å². The van der Waals surface area contributed by atoms with Gasteiger partial charge in [0.05, 0.1) is 11.2 Å². The Kier molecular flexibility index (Phi) is 4.73. The predicted molar refractivity (Wildman–Crippen MR) is 108 cm³/mol. The maximum atomic E-state index is 12.1. The molecule has 0 aliphatic carbocycles. The second kappa shape index (κ2) is 7.36. The summed E-state index contributed by atoms with van der Waals surface area (Å²) in [6.07, 6.45) is -1.37. The molecular weight excluding hydrogens is 372 g/mol. The summed E-state index contributed by atoms with van der Waals surface area (Å²) >= 11 is 0. The standard InChI is InChI=1S/C20H20N6O3/c1-3-26(2)20(28)18(27)15-10-16(29-25-15)12-6-4-5-11(9-12)13-7-8-14-17(22-13)19(21)24-23-14/h4-10,18,27H,3H2,1-2H3,(H3,21,23,24). The van der Waals surface area contributed by atoms with Crippen LogP contribution in [0, 0.1) is 0 Å². The number of aliphatic hydroxyl groups is 1. The van der Waals surface area contributed by atoms with Crippen molar-refractivity contribution in [3.63, 3.8) is 0 Å². The van der Waals surface area contributed by atoms with E-state index >= 15 is 0 Å². The molecule has 0 saturated carbocycles. The van der Waals surface area contributed by atoms with Gasteiger partial charge in [0.25, 0.3) is 5.91 Å². The molecule has 1 amide bonds. The molecule has 3 aromatic heterocycles. The Hall–Kier alpha value is -3.72. The van der Waals surface area contributed by atoms with Gasteiger partial charge >= 0.3 is 0 Å². The van der Waals surface area contributed by atoms with Crippen LogP contribution in [0.1, 0.15) is 18.7 Å². The van der Waals surface area contributed by atoms with Crippen molar-refractivity contribution in [1.82, 2.24) is 25.2 Å². The van der Waals surface area contributed by atoms with Crippen molar-refractivity contribution in [2.45, 2.75) is 13.0 Å². The highest BCUT2D eigenvalue weighted by Gasteiger charge is 2.24. The first-order valence-electron chi connectivity index (χ1n) is 9.09. The maximum Gasteiger partial charge on any atom is 0.257 e. The molecule has 0 bridgehead atoms. The van der Waals surface area contributed by atoms with E-state index < -0.39 is 12.0 Å². The van der Waals surface area contributed by atoms with E-state index in [9.17, 15) is 9.90 Å². The van der Waals surface area contributed by atoms with Gasteiger partial charge in [-0.1, -0.05) is 23.4 Å². The van der Waals surface area contributed by atoms with Gasteiger partial charge in [0.2, 0.25) is 0 Å². The van der Waals surface area contributed by atoms with Crippen molar-refractivity contribution < 1.29 is 14.4 Å². The molecule has 0 aliphatic rings. The third kappa shape index (κ3) is 3.43. The van der Waals surface area contributed by atoms with Gasteiger partial charge in [-0.15, -0.1) is 0 Å². The zero-order valence-corrected chi connectivity index (χ0v) is 16.0. The number of anilines is 1. The molecule has 29 heavy (non-hydrogen) atoms. The lowest BCUT2D eigenvalue weighted by Crippen LogP contribution is -2.31. The quantitative estimate of drug-likeness (QED) is 0.474. The fraction of sp³-hybridized carbons (Fsp3) is 0.200. The van der Waals surface area contributed by atoms with Crippen molar-refractivity contribution in [1.29, 1.82) is 0 Å². The number of nitrogen functional groups attached to an aromatic ring is 1. The summed E-state index contributed by atoms with van der Waals surface area (Å²) in [5.74, 6) is 0.349. The number of nitrogens with zero attached hydrogens (tertiary/aromatic N) is 4. The number of amides is 1. The summed E-state index contributed by atoms with van der Waals surface area (Å²) in [4.78, 5) is 18.1. The van der Waals surface area contributed by atoms with Gasteiger partial charge in [0, 0.05) is 30.8 Å². The summed E-state index contributed by atoms with van der Waals surface area (Å²) in [6.45, 7) is 2.31. The van der Waals surface area contributed by atoms with Gasteiger partial charge in [-0.05, 0) is 25.1 Å². The van der Waals surface area contributed by atoms with Crippen LogP contribution in [-0.2, 0) is 4.79 Å². The smallest absolute Gasteiger partial charge is 0.257 e. The topological polar surface area (TPSA) is 134 Å². The molecule has 4 aromatic rings. The summed E-state index contributed by atoms with van der Waals surface area (Å²) in [6, 6.07) is 12.8. The van der Waals surface area contributed by atoms with E-state index in [0.717, 1.165) is 22.3 Å². The first-order chi connectivity index (χ1) is 14.0. The highest BCUT2D eigenvalue weighted by Crippen LogP contribution is 2.29. The Bertz CT molecular complexity index is 1180. The number of nitrogens with one attached hydrogen (secondary N) is 1. The number of fused-ring (bicyclic) bond motifs is 1. The summed E-state index contributed by atoms with van der Waals surface area (Å²) in [5, 5.41) is 20.9. The number of nitrogens with two attached hydrogens (primary N) is 1. The molecule has 4 N–H and O–H groups in total. The van der Waals surface area contributed by atoms with E-state index in [1.54, 1.807) is 13.1 Å². The Morgan fingerprint density at radius 1 is 1.28 bits per heavy atom. The van der Waals surface area contributed by atoms with Crippen LogP contribution in [-0.4, -0.2) is 49.8 Å². The molecule has 4 rings (SSSR count). The van der Waals surface area contributed by atoms with E-state index in [0.29, 0.717) is 23.6 Å². The lowest BCUT2D eigenvalue weighted by molar-refractivity contribution is -0.139. The third-order valence-corrected chi connectivity index (χ3v) is 4.77. The predicted octanol–water partition coefficient (Wildman–Crippen LogP) is 2.37. The monoisotopic (exact) mass is 392 g/mol. The zero-order chi connectivity index (χ0) is 20.5. The summed E-state index contributed by atoms with van der Waals surface area (Å²) < 4.78 is 5.37. The number of aromatic nitrogens is 4. The molecule has 9 nitrogen and oxygen atoms in total. The zero-order valence-electron chi connectivity index (χ0n) is 16.0. The van der Waals surface area contributed by atoms with Gasteiger partial charge in [-0.25, -0.2) is 4.98 Å². The van der Waals surface area contributed by atoms with E-state index in [1.807, 2.05) is 43.3 Å². The van der Waals surface area contributed by atoms with Crippen molar-refractivity contribution in [3.8, 4) is 22.6 Å². The molecule has 0 aliphatic heterocycles. The number of hydrogen-bond donors (Lipinski definition) is 3. The number of pyridine rings is 1. The van der Waals surface area contributed by atoms with Crippen molar-refractivity contribution in [3.05, 3.63) is 48.2 Å². The Morgan fingerprint density at radius 3 is 2.86 bits per heavy atom. The molecule has 0 spiro atoms. The molecule has 0 fully saturated rings. The van der Waals surface area contributed by atoms with Crippen LogP contribution in [0.25, 0.3) is 33.6 Å². The summed E-state index contributed by atoms with van der Waals surface area (Å²) in [7, 11) is 1.62. The molecule has 1 aromatic carbocycles. The number of benzene rings is 1. The second-order valence-corrected chi connectivity index (χ2v) is 6.65. The average Bonchev–Trinajstić information content (AvgIpc) is 3.39. The Morgan fingerprint density at radius 2 is 2.07 bits per heavy atom. The fourth-order valence-corrected chi connectivity index (χ4v) is 2.96. The van der Waals surface area contributed by atoms with Crippen LogP contribution in [0.2, 0.25) is 0 Å². The minimum atomic E-state index is -1.37. The first-order valence-corrected chi connectivity index (χ1v) is 9.09. The molecule has 148 valence electrons. The minimum Gasteiger partial charge on any atom is -0.380 e. The van der Waals surface area contributed by atoms with Crippen molar-refractivity contribution in [2.24, 2.45) is 0 Å². The van der Waals surface area contributed by atoms with E-state index in [2.05, 4.69) is 20.3 Å². The van der Waals surface area contributed by atoms with Crippen LogP contribution in [0.4, 0.5) is 5.82 Å². The SMILES string of the molecule is CCN(C)C(=O)C(O)c1cc(-c2cccc(-c3ccc4[nH]nc(N)c4n3)c2)on1. The Labute approximate surface area is 166 Å². The largest absolute Gasteiger partial charge is 0.380 e. The Balaban J connectivity index is 1.64. The van der Waals surface area contributed by atoms with Gasteiger partial charge in [0.15, 0.2) is 17.7 Å². The minimum absolute atomic E-state index is 0.168. The van der Waals surface area contributed by atoms with Gasteiger partial charge < -0.3 is 20.3 Å². The van der Waals surface area contributed by atoms with E-state index in [1.165, 1.54) is 4.90 Å². The number of carbonyl (C=O) groups excluding carboxylic acids is 1.